The molecule has 0 aliphatic rings. The topological polar surface area (TPSA) is 54.9 Å². The Bertz CT molecular complexity index is 486. The van der Waals surface area contributed by atoms with Crippen LogP contribution in [0, 0.1) is 5.92 Å². The van der Waals surface area contributed by atoms with E-state index < -0.39 is 0 Å². The molecule has 1 unspecified atom stereocenters. The zero-order valence-electron chi connectivity index (χ0n) is 16.5. The summed E-state index contributed by atoms with van der Waals surface area (Å²) in [5.74, 6) is 1.34. The summed E-state index contributed by atoms with van der Waals surface area (Å²) in [6.07, 6.45) is 1.26. The molecule has 0 saturated carbocycles. The number of benzene rings is 1. The van der Waals surface area contributed by atoms with Crippen LogP contribution in [-0.2, 0) is 22.6 Å². The number of hydrogen-bond acceptors (Lipinski definition) is 3. The maximum atomic E-state index is 5.78. The third-order valence-corrected chi connectivity index (χ3v) is 4.03. The molecule has 5 heteroatoms. The van der Waals surface area contributed by atoms with Crippen molar-refractivity contribution in [1.29, 1.82) is 0 Å². The molecule has 1 aromatic carbocycles. The molecule has 0 fully saturated rings. The van der Waals surface area contributed by atoms with Gasteiger partial charge in [-0.3, -0.25) is 4.99 Å². The van der Waals surface area contributed by atoms with E-state index in [4.69, 9.17) is 9.47 Å². The molecule has 1 rings (SSSR count). The van der Waals surface area contributed by atoms with Crippen molar-refractivity contribution in [2.24, 2.45) is 10.9 Å². The van der Waals surface area contributed by atoms with Crippen LogP contribution in [-0.4, -0.2) is 38.9 Å². The SMILES string of the molecule is CCOCc1ccc(CNC(=NC)NCCC(OCC)C(C)C)cc1. The average molecular weight is 350 g/mol. The molecule has 0 spiro atoms. The fourth-order valence-electron chi connectivity index (χ4n) is 2.54. The van der Waals surface area contributed by atoms with Crippen LogP contribution < -0.4 is 10.6 Å². The predicted molar refractivity (Wildman–Crippen MR) is 105 cm³/mol. The maximum Gasteiger partial charge on any atom is 0.191 e. The molecule has 25 heavy (non-hydrogen) atoms. The first-order valence-corrected chi connectivity index (χ1v) is 9.32. The van der Waals surface area contributed by atoms with Crippen molar-refractivity contribution < 1.29 is 9.47 Å². The number of nitrogens with one attached hydrogen (secondary N) is 2. The van der Waals surface area contributed by atoms with Gasteiger partial charge in [-0.1, -0.05) is 38.1 Å². The third kappa shape index (κ3) is 8.89. The van der Waals surface area contributed by atoms with Gasteiger partial charge in [0.15, 0.2) is 5.96 Å². The van der Waals surface area contributed by atoms with Crippen molar-refractivity contribution in [3.8, 4) is 0 Å². The molecule has 2 N–H and O–H groups in total. The van der Waals surface area contributed by atoms with Gasteiger partial charge in [-0.25, -0.2) is 0 Å². The van der Waals surface area contributed by atoms with Gasteiger partial charge in [0.2, 0.25) is 0 Å². The van der Waals surface area contributed by atoms with E-state index in [1.54, 1.807) is 7.05 Å². The van der Waals surface area contributed by atoms with E-state index in [0.29, 0.717) is 12.5 Å². The van der Waals surface area contributed by atoms with Crippen LogP contribution in [0.3, 0.4) is 0 Å². The Morgan fingerprint density at radius 2 is 1.72 bits per heavy atom. The zero-order chi connectivity index (χ0) is 18.5. The van der Waals surface area contributed by atoms with E-state index in [2.05, 4.69) is 53.7 Å². The number of aliphatic imine (C=N–C) groups is 1. The summed E-state index contributed by atoms with van der Waals surface area (Å²) in [5.41, 5.74) is 2.42. The number of ether oxygens (including phenoxy) is 2. The zero-order valence-corrected chi connectivity index (χ0v) is 16.5. The van der Waals surface area contributed by atoms with E-state index in [1.807, 2.05) is 13.8 Å². The minimum atomic E-state index is 0.286. The van der Waals surface area contributed by atoms with E-state index in [9.17, 15) is 0 Å². The smallest absolute Gasteiger partial charge is 0.191 e. The Balaban J connectivity index is 2.36. The lowest BCUT2D eigenvalue weighted by Gasteiger charge is -2.21. The van der Waals surface area contributed by atoms with Gasteiger partial charge in [0.05, 0.1) is 12.7 Å². The standard InChI is InChI=1S/C20H35N3O2/c1-6-24-15-18-10-8-17(9-11-18)14-23-20(21-5)22-13-12-19(16(3)4)25-7-2/h8-11,16,19H,6-7,12-15H2,1-5H3,(H2,21,22,23). The quantitative estimate of drug-likeness (QED) is 0.475. The lowest BCUT2D eigenvalue weighted by Crippen LogP contribution is -2.38. The molecule has 0 aliphatic heterocycles. The van der Waals surface area contributed by atoms with Crippen LogP contribution in [0.25, 0.3) is 0 Å². The number of nitrogens with zero attached hydrogens (tertiary/aromatic N) is 1. The fraction of sp³-hybridized carbons (Fsp3) is 0.650. The van der Waals surface area contributed by atoms with Crippen LogP contribution in [0.15, 0.2) is 29.3 Å². The highest BCUT2D eigenvalue weighted by molar-refractivity contribution is 5.79. The number of rotatable bonds is 11. The lowest BCUT2D eigenvalue weighted by molar-refractivity contribution is 0.0258. The van der Waals surface area contributed by atoms with Gasteiger partial charge >= 0.3 is 0 Å². The molecule has 0 bridgehead atoms. The van der Waals surface area contributed by atoms with E-state index >= 15 is 0 Å². The summed E-state index contributed by atoms with van der Waals surface area (Å²) in [7, 11) is 1.79. The normalized spacial score (nSPS) is 13.1. The molecule has 5 nitrogen and oxygen atoms in total. The van der Waals surface area contributed by atoms with Crippen molar-refractivity contribution in [1.82, 2.24) is 10.6 Å². The lowest BCUT2D eigenvalue weighted by atomic mass is 10.0. The monoisotopic (exact) mass is 349 g/mol. The minimum Gasteiger partial charge on any atom is -0.378 e. The Morgan fingerprint density at radius 1 is 1.04 bits per heavy atom. The highest BCUT2D eigenvalue weighted by Crippen LogP contribution is 2.10. The van der Waals surface area contributed by atoms with Crippen LogP contribution in [0.4, 0.5) is 0 Å². The molecule has 1 atom stereocenters. The first-order chi connectivity index (χ1) is 12.1. The molecular formula is C20H35N3O2. The predicted octanol–water partition coefficient (Wildman–Crippen LogP) is 3.34. The van der Waals surface area contributed by atoms with Crippen molar-refractivity contribution in [2.45, 2.75) is 53.4 Å². The molecular weight excluding hydrogens is 314 g/mol. The maximum absolute atomic E-state index is 5.78. The second kappa shape index (κ2) is 12.7. The van der Waals surface area contributed by atoms with Gasteiger partial charge in [0.25, 0.3) is 0 Å². The highest BCUT2D eigenvalue weighted by atomic mass is 16.5. The molecule has 0 saturated heterocycles. The van der Waals surface area contributed by atoms with Gasteiger partial charge in [-0.2, -0.15) is 0 Å². The Hall–Kier alpha value is -1.59. The largest absolute Gasteiger partial charge is 0.378 e. The first kappa shape index (κ1) is 21.5. The van der Waals surface area contributed by atoms with E-state index in [1.165, 1.54) is 11.1 Å². The number of guanidine groups is 1. The van der Waals surface area contributed by atoms with Gasteiger partial charge in [-0.05, 0) is 37.3 Å². The van der Waals surface area contributed by atoms with E-state index in [-0.39, 0.29) is 6.10 Å². The molecule has 142 valence electrons. The van der Waals surface area contributed by atoms with Gasteiger partial charge in [0, 0.05) is 33.4 Å². The van der Waals surface area contributed by atoms with Gasteiger partial charge in [0.1, 0.15) is 0 Å². The number of hydrogen-bond donors (Lipinski definition) is 2. The Morgan fingerprint density at radius 3 is 2.28 bits per heavy atom. The molecule has 0 radical (unpaired) electrons. The van der Waals surface area contributed by atoms with Crippen LogP contribution >= 0.6 is 0 Å². The second-order valence-corrected chi connectivity index (χ2v) is 6.33. The molecule has 0 aromatic heterocycles. The van der Waals surface area contributed by atoms with E-state index in [0.717, 1.165) is 38.7 Å². The van der Waals surface area contributed by atoms with Crippen molar-refractivity contribution in [2.75, 3.05) is 26.8 Å². The molecule has 0 aliphatic carbocycles. The molecule has 0 heterocycles. The fourth-order valence-corrected chi connectivity index (χ4v) is 2.54. The summed E-state index contributed by atoms with van der Waals surface area (Å²) < 4.78 is 11.2. The minimum absolute atomic E-state index is 0.286. The second-order valence-electron chi connectivity index (χ2n) is 6.33. The summed E-state index contributed by atoms with van der Waals surface area (Å²) >= 11 is 0. The summed E-state index contributed by atoms with van der Waals surface area (Å²) in [5, 5.41) is 6.71. The summed E-state index contributed by atoms with van der Waals surface area (Å²) in [4.78, 5) is 4.28. The summed E-state index contributed by atoms with van der Waals surface area (Å²) in [6, 6.07) is 8.47. The van der Waals surface area contributed by atoms with Crippen LogP contribution in [0.1, 0.15) is 45.2 Å². The molecule has 1 aromatic rings. The van der Waals surface area contributed by atoms with Gasteiger partial charge in [-0.15, -0.1) is 0 Å². The Kier molecular flexibility index (Phi) is 10.9. The van der Waals surface area contributed by atoms with Gasteiger partial charge < -0.3 is 20.1 Å². The Labute approximate surface area is 153 Å². The third-order valence-electron chi connectivity index (χ3n) is 4.03. The van der Waals surface area contributed by atoms with Crippen LogP contribution in [0.5, 0.6) is 0 Å². The highest BCUT2D eigenvalue weighted by Gasteiger charge is 2.12. The average Bonchev–Trinajstić information content (AvgIpc) is 2.62. The van der Waals surface area contributed by atoms with Crippen molar-refractivity contribution in [3.63, 3.8) is 0 Å². The molecule has 0 amide bonds. The van der Waals surface area contributed by atoms with Crippen LogP contribution in [0.2, 0.25) is 0 Å². The first-order valence-electron chi connectivity index (χ1n) is 9.32. The van der Waals surface area contributed by atoms with Crippen molar-refractivity contribution >= 4 is 5.96 Å². The van der Waals surface area contributed by atoms with Crippen molar-refractivity contribution in [3.05, 3.63) is 35.4 Å². The summed E-state index contributed by atoms with van der Waals surface area (Å²) in [6.45, 7) is 12.2.